The zero-order valence-corrected chi connectivity index (χ0v) is 18.4. The number of Topliss-reactive ketones (excluding diaryl/α,β-unsaturated/α-hetero) is 1. The minimum Gasteiger partial charge on any atom is -0.454 e. The Morgan fingerprint density at radius 2 is 2.19 bits per heavy atom. The third-order valence-corrected chi connectivity index (χ3v) is 5.49. The van der Waals surface area contributed by atoms with Gasteiger partial charge in [-0.25, -0.2) is 4.79 Å². The topological polar surface area (TPSA) is 123 Å². The molecule has 1 amide bonds. The van der Waals surface area contributed by atoms with Crippen LogP contribution in [-0.2, 0) is 19.1 Å². The van der Waals surface area contributed by atoms with Gasteiger partial charge in [0.05, 0.1) is 18.2 Å². The molecule has 31 heavy (non-hydrogen) atoms. The second-order valence-corrected chi connectivity index (χ2v) is 8.37. The van der Waals surface area contributed by atoms with Gasteiger partial charge in [-0.3, -0.25) is 14.6 Å². The third kappa shape index (κ3) is 6.28. The minimum atomic E-state index is -1.12. The number of aliphatic imine (C=N–C) groups is 1. The van der Waals surface area contributed by atoms with Crippen LogP contribution in [-0.4, -0.2) is 54.8 Å². The molecule has 168 valence electrons. The van der Waals surface area contributed by atoms with Gasteiger partial charge in [-0.1, -0.05) is 25.8 Å². The quantitative estimate of drug-likeness (QED) is 0.205. The molecule has 2 aliphatic heterocycles. The summed E-state index contributed by atoms with van der Waals surface area (Å²) in [6.45, 7) is 6.09. The van der Waals surface area contributed by atoms with Crippen LogP contribution in [0.15, 0.2) is 28.8 Å². The van der Waals surface area contributed by atoms with Crippen LogP contribution in [0, 0.1) is 24.2 Å². The highest BCUT2D eigenvalue weighted by molar-refractivity contribution is 6.01. The molecule has 0 unspecified atom stereocenters. The first-order valence-corrected chi connectivity index (χ1v) is 10.6. The Bertz CT molecular complexity index is 837. The molecule has 0 aromatic rings. The maximum absolute atomic E-state index is 13.2. The lowest BCUT2D eigenvalue weighted by atomic mass is 9.83. The summed E-state index contributed by atoms with van der Waals surface area (Å²) in [5.41, 5.74) is 5.39. The number of amidine groups is 1. The van der Waals surface area contributed by atoms with Crippen molar-refractivity contribution in [3.05, 3.63) is 23.8 Å². The van der Waals surface area contributed by atoms with E-state index in [1.54, 1.807) is 13.0 Å². The predicted molar refractivity (Wildman–Crippen MR) is 119 cm³/mol. The van der Waals surface area contributed by atoms with Crippen molar-refractivity contribution in [1.82, 2.24) is 10.6 Å². The van der Waals surface area contributed by atoms with E-state index in [2.05, 4.69) is 35.4 Å². The number of ether oxygens (including phenoxy) is 1. The number of nitrogens with two attached hydrogens (primary N) is 1. The summed E-state index contributed by atoms with van der Waals surface area (Å²) in [5.74, 6) is 1.84. The summed E-state index contributed by atoms with van der Waals surface area (Å²) in [6.07, 6.45) is 11.2. The first-order chi connectivity index (χ1) is 14.7. The zero-order valence-electron chi connectivity index (χ0n) is 18.4. The van der Waals surface area contributed by atoms with Gasteiger partial charge in [0.25, 0.3) is 0 Å². The number of hydrogen-bond donors (Lipinski definition) is 3. The second kappa shape index (κ2) is 10.9. The van der Waals surface area contributed by atoms with Crippen molar-refractivity contribution >= 4 is 23.5 Å². The number of carbonyl (C=O) groups excluding carboxylic acids is 3. The van der Waals surface area contributed by atoms with E-state index in [0.29, 0.717) is 31.1 Å². The molecule has 3 atom stereocenters. The van der Waals surface area contributed by atoms with E-state index in [4.69, 9.17) is 16.9 Å². The largest absolute Gasteiger partial charge is 0.454 e. The number of ketones is 1. The predicted octanol–water partition coefficient (Wildman–Crippen LogP) is 0.875. The number of rotatable bonds is 10. The molecule has 0 bridgehead atoms. The van der Waals surface area contributed by atoms with Crippen molar-refractivity contribution in [1.29, 1.82) is 0 Å². The monoisotopic (exact) mass is 428 g/mol. The lowest BCUT2D eigenvalue weighted by Crippen LogP contribution is -2.58. The van der Waals surface area contributed by atoms with Crippen molar-refractivity contribution in [2.45, 2.75) is 51.6 Å². The molecule has 0 saturated carbocycles. The molecule has 0 aliphatic carbocycles. The minimum absolute atomic E-state index is 0.0819. The lowest BCUT2D eigenvalue weighted by Gasteiger charge is -2.31. The maximum Gasteiger partial charge on any atom is 0.338 e. The average molecular weight is 429 g/mol. The van der Waals surface area contributed by atoms with Gasteiger partial charge < -0.3 is 21.1 Å². The SMILES string of the molecule is C#C/C=C\C(=C/C)C(=O)OCC(=O)[C@]1(C[C@@H]2CCNC2=O)CN=C([C@@H](N)CC(C)C)N1. The summed E-state index contributed by atoms with van der Waals surface area (Å²) in [5, 5.41) is 6.00. The van der Waals surface area contributed by atoms with Gasteiger partial charge in [-0.2, -0.15) is 0 Å². The van der Waals surface area contributed by atoms with E-state index in [1.165, 1.54) is 12.2 Å². The van der Waals surface area contributed by atoms with Crippen molar-refractivity contribution in [2.75, 3.05) is 19.7 Å². The number of hydrogen-bond acceptors (Lipinski definition) is 7. The fraction of sp³-hybridized carbons (Fsp3) is 0.565. The highest BCUT2D eigenvalue weighted by Gasteiger charge is 2.47. The standard InChI is InChI=1S/C23H32N4O4/c1-5-7-8-16(6-2)22(30)31-13-19(28)23(12-17-9-10-25-21(17)29)14-26-20(27-23)18(24)11-15(3)4/h1,6-8,15,17-18H,9-14,24H2,2-4H3,(H,25,29)(H,26,27)/b8-7-,16-6+/t17-,18-,23-/m0/s1. The molecule has 2 rings (SSSR count). The molecule has 0 radical (unpaired) electrons. The van der Waals surface area contributed by atoms with Crippen LogP contribution in [0.4, 0.5) is 0 Å². The Hall–Kier alpha value is -2.92. The Balaban J connectivity index is 2.13. The van der Waals surface area contributed by atoms with Crippen LogP contribution in [0.1, 0.15) is 40.0 Å². The normalized spacial score (nSPS) is 24.5. The third-order valence-electron chi connectivity index (χ3n) is 5.49. The number of nitrogens with zero attached hydrogens (tertiary/aromatic N) is 1. The Labute approximate surface area is 183 Å². The molecule has 0 spiro atoms. The van der Waals surface area contributed by atoms with Crippen LogP contribution in [0.5, 0.6) is 0 Å². The van der Waals surface area contributed by atoms with Gasteiger partial charge >= 0.3 is 5.97 Å². The van der Waals surface area contributed by atoms with E-state index in [0.717, 1.165) is 0 Å². The molecule has 8 heteroatoms. The first-order valence-electron chi connectivity index (χ1n) is 10.6. The lowest BCUT2D eigenvalue weighted by molar-refractivity contribution is -0.146. The molecule has 8 nitrogen and oxygen atoms in total. The molecule has 0 aromatic carbocycles. The molecule has 0 aromatic heterocycles. The number of terminal acetylenes is 1. The fourth-order valence-electron chi connectivity index (χ4n) is 3.79. The Morgan fingerprint density at radius 3 is 2.77 bits per heavy atom. The highest BCUT2D eigenvalue weighted by Crippen LogP contribution is 2.28. The summed E-state index contributed by atoms with van der Waals surface area (Å²) in [6, 6.07) is -0.335. The van der Waals surface area contributed by atoms with Crippen LogP contribution >= 0.6 is 0 Å². The average Bonchev–Trinajstić information content (AvgIpc) is 3.34. The molecule has 4 N–H and O–H groups in total. The summed E-state index contributed by atoms with van der Waals surface area (Å²) in [7, 11) is 0. The number of nitrogens with one attached hydrogen (secondary N) is 2. The maximum atomic E-state index is 13.2. The van der Waals surface area contributed by atoms with Gasteiger partial charge in [0.2, 0.25) is 5.91 Å². The van der Waals surface area contributed by atoms with Crippen LogP contribution < -0.4 is 16.4 Å². The van der Waals surface area contributed by atoms with E-state index in [-0.39, 0.29) is 42.2 Å². The molecule has 1 fully saturated rings. The molecule has 2 heterocycles. The number of allylic oxidation sites excluding steroid dienone is 2. The number of amides is 1. The number of esters is 1. The van der Waals surface area contributed by atoms with E-state index >= 15 is 0 Å². The fourth-order valence-corrected chi connectivity index (χ4v) is 3.79. The zero-order chi connectivity index (χ0) is 23.0. The van der Waals surface area contributed by atoms with Gasteiger partial charge in [0.1, 0.15) is 11.4 Å². The van der Waals surface area contributed by atoms with Gasteiger partial charge in [-0.15, -0.1) is 6.42 Å². The summed E-state index contributed by atoms with van der Waals surface area (Å²) < 4.78 is 5.24. The molecular formula is C23H32N4O4. The smallest absolute Gasteiger partial charge is 0.338 e. The van der Waals surface area contributed by atoms with Crippen LogP contribution in [0.2, 0.25) is 0 Å². The molecule has 2 aliphatic rings. The van der Waals surface area contributed by atoms with Crippen LogP contribution in [0.3, 0.4) is 0 Å². The van der Waals surface area contributed by atoms with E-state index in [9.17, 15) is 14.4 Å². The van der Waals surface area contributed by atoms with Crippen molar-refractivity contribution in [3.63, 3.8) is 0 Å². The number of carbonyl (C=O) groups is 3. The van der Waals surface area contributed by atoms with E-state index in [1.807, 2.05) is 0 Å². The van der Waals surface area contributed by atoms with Crippen molar-refractivity contribution < 1.29 is 19.1 Å². The molecule has 1 saturated heterocycles. The van der Waals surface area contributed by atoms with Crippen LogP contribution in [0.25, 0.3) is 0 Å². The van der Waals surface area contributed by atoms with E-state index < -0.39 is 18.1 Å². The molecular weight excluding hydrogens is 396 g/mol. The van der Waals surface area contributed by atoms with Gasteiger partial charge in [-0.05, 0) is 44.3 Å². The summed E-state index contributed by atoms with van der Waals surface area (Å²) in [4.78, 5) is 42.2. The van der Waals surface area contributed by atoms with Crippen molar-refractivity contribution in [3.8, 4) is 12.3 Å². The summed E-state index contributed by atoms with van der Waals surface area (Å²) >= 11 is 0. The van der Waals surface area contributed by atoms with Crippen molar-refractivity contribution in [2.24, 2.45) is 22.6 Å². The first kappa shape index (κ1) is 24.4. The highest BCUT2D eigenvalue weighted by atomic mass is 16.5. The Morgan fingerprint density at radius 1 is 1.45 bits per heavy atom. The Kier molecular flexibility index (Phi) is 8.57. The second-order valence-electron chi connectivity index (χ2n) is 8.37. The van der Waals surface area contributed by atoms with Gasteiger partial charge in [0.15, 0.2) is 12.4 Å². The van der Waals surface area contributed by atoms with Gasteiger partial charge in [0, 0.05) is 12.5 Å².